The van der Waals surface area contributed by atoms with Gasteiger partial charge in [0, 0.05) is 23.5 Å². The smallest absolute Gasteiger partial charge is 0.328 e. The van der Waals surface area contributed by atoms with Gasteiger partial charge in [0.15, 0.2) is 0 Å². The average molecular weight is 389 g/mol. The number of aromatic hydroxyl groups is 1. The van der Waals surface area contributed by atoms with Crippen molar-refractivity contribution in [1.29, 1.82) is 0 Å². The van der Waals surface area contributed by atoms with Crippen LogP contribution >= 0.6 is 0 Å². The highest BCUT2D eigenvalue weighted by Crippen LogP contribution is 2.24. The second-order valence-corrected chi connectivity index (χ2v) is 7.84. The molecule has 0 radical (unpaired) electrons. The molecule has 0 bridgehead atoms. The minimum Gasteiger partial charge on any atom is -0.505 e. The van der Waals surface area contributed by atoms with Gasteiger partial charge in [-0.1, -0.05) is 6.07 Å². The number of amidine groups is 1. The van der Waals surface area contributed by atoms with Gasteiger partial charge in [-0.3, -0.25) is 15.0 Å². The van der Waals surface area contributed by atoms with Crippen molar-refractivity contribution in [3.63, 3.8) is 0 Å². The monoisotopic (exact) mass is 389 g/mol. The largest absolute Gasteiger partial charge is 0.505 e. The third-order valence-electron chi connectivity index (χ3n) is 4.20. The molecule has 2 heterocycles. The molecule has 0 atom stereocenters. The summed E-state index contributed by atoms with van der Waals surface area (Å²) in [6, 6.07) is 6.18. The van der Waals surface area contributed by atoms with Crippen LogP contribution in [-0.4, -0.2) is 42.2 Å². The first-order chi connectivity index (χ1) is 12.9. The van der Waals surface area contributed by atoms with Crippen molar-refractivity contribution >= 4 is 27.8 Å². The quantitative estimate of drug-likeness (QED) is 0.531. The lowest BCUT2D eigenvalue weighted by Crippen LogP contribution is -2.72. The summed E-state index contributed by atoms with van der Waals surface area (Å²) >= 11 is 0. The molecular formula is C18H21N4O4S+. The van der Waals surface area contributed by atoms with Crippen molar-refractivity contribution in [3.8, 4) is 5.75 Å². The molecular weight excluding hydrogens is 368 g/mol. The van der Waals surface area contributed by atoms with Gasteiger partial charge in [0.1, 0.15) is 10.6 Å². The molecule has 1 aromatic carbocycles. The third-order valence-corrected chi connectivity index (χ3v) is 5.59. The van der Waals surface area contributed by atoms with Crippen LogP contribution in [0.3, 0.4) is 0 Å². The van der Waals surface area contributed by atoms with Gasteiger partial charge in [-0.15, -0.1) is 0 Å². The van der Waals surface area contributed by atoms with Gasteiger partial charge >= 0.3 is 10.0 Å². The van der Waals surface area contributed by atoms with E-state index in [1.54, 1.807) is 19.1 Å². The molecule has 2 aromatic rings. The lowest BCUT2D eigenvalue weighted by Gasteiger charge is -2.07. The number of nitrogens with one attached hydrogen (secondary N) is 2. The first kappa shape index (κ1) is 19.0. The number of sulfonamides is 1. The second kappa shape index (κ2) is 7.85. The number of aromatic nitrogens is 1. The van der Waals surface area contributed by atoms with Crippen LogP contribution in [0, 0.1) is 6.92 Å². The number of rotatable bonds is 5. The Hall–Kier alpha value is -2.78. The van der Waals surface area contributed by atoms with E-state index in [-0.39, 0.29) is 17.3 Å². The van der Waals surface area contributed by atoms with Gasteiger partial charge in [0.05, 0.1) is 31.0 Å². The number of hydrogen-bond acceptors (Lipinski definition) is 6. The fourth-order valence-corrected chi connectivity index (χ4v) is 3.84. The molecule has 3 rings (SSSR count). The van der Waals surface area contributed by atoms with E-state index in [9.17, 15) is 18.6 Å². The van der Waals surface area contributed by atoms with Gasteiger partial charge in [-0.2, -0.15) is 13.1 Å². The number of pyridine rings is 1. The zero-order chi connectivity index (χ0) is 19.4. The minimum atomic E-state index is -3.70. The molecule has 0 saturated heterocycles. The van der Waals surface area contributed by atoms with Crippen molar-refractivity contribution < 1.29 is 23.6 Å². The molecule has 1 aliphatic rings. The summed E-state index contributed by atoms with van der Waals surface area (Å²) in [7, 11) is -3.70. The van der Waals surface area contributed by atoms with E-state index in [2.05, 4.69) is 19.7 Å². The number of nitrogens with zero attached hydrogens (tertiary/aromatic N) is 2. The number of aliphatic imine (C=N–C) groups is 1. The maximum absolute atomic E-state index is 12.5. The van der Waals surface area contributed by atoms with E-state index >= 15 is 0 Å². The van der Waals surface area contributed by atoms with E-state index < -0.39 is 10.0 Å². The third kappa shape index (κ3) is 4.32. The Morgan fingerprint density at radius 1 is 1.41 bits per heavy atom. The van der Waals surface area contributed by atoms with Crippen molar-refractivity contribution in [2.75, 3.05) is 6.54 Å². The van der Waals surface area contributed by atoms with Crippen molar-refractivity contribution in [3.05, 3.63) is 47.3 Å². The SMILES string of the molecule is Cc1ncc(CO)c(C=Nc2cccc(S(=O)(=O)NC3=[NH+]CCC3)c2)c1O. The maximum Gasteiger partial charge on any atom is 0.328 e. The van der Waals surface area contributed by atoms with Crippen LogP contribution in [0.15, 0.2) is 40.4 Å². The van der Waals surface area contributed by atoms with Crippen LogP contribution in [0.4, 0.5) is 5.69 Å². The molecule has 4 N–H and O–H groups in total. The maximum atomic E-state index is 12.5. The lowest BCUT2D eigenvalue weighted by atomic mass is 10.1. The molecule has 9 heteroatoms. The topological polar surface area (TPSA) is 126 Å². The molecule has 0 fully saturated rings. The molecule has 142 valence electrons. The van der Waals surface area contributed by atoms with E-state index in [1.807, 2.05) is 0 Å². The fourth-order valence-electron chi connectivity index (χ4n) is 2.69. The van der Waals surface area contributed by atoms with Crippen LogP contribution in [0.1, 0.15) is 29.7 Å². The summed E-state index contributed by atoms with van der Waals surface area (Å²) in [4.78, 5) is 11.3. The molecule has 8 nitrogen and oxygen atoms in total. The minimum absolute atomic E-state index is 0.0700. The molecule has 0 saturated carbocycles. The average Bonchev–Trinajstić information content (AvgIpc) is 3.15. The van der Waals surface area contributed by atoms with Gasteiger partial charge in [-0.05, 0) is 31.5 Å². The van der Waals surface area contributed by atoms with E-state index in [4.69, 9.17) is 0 Å². The summed E-state index contributed by atoms with van der Waals surface area (Å²) in [6.07, 6.45) is 4.42. The Kier molecular flexibility index (Phi) is 5.52. The number of aryl methyl sites for hydroxylation is 1. The summed E-state index contributed by atoms with van der Waals surface area (Å²) in [5.74, 6) is 0.521. The number of benzene rings is 1. The molecule has 0 unspecified atom stereocenters. The number of aliphatic hydroxyl groups excluding tert-OH is 1. The first-order valence-electron chi connectivity index (χ1n) is 8.45. The van der Waals surface area contributed by atoms with E-state index in [1.165, 1.54) is 24.5 Å². The summed E-state index contributed by atoms with van der Waals surface area (Å²) in [5, 5.41) is 19.6. The van der Waals surface area contributed by atoms with Crippen molar-refractivity contribution in [1.82, 2.24) is 9.71 Å². The van der Waals surface area contributed by atoms with Crippen LogP contribution in [-0.2, 0) is 16.6 Å². The Labute approximate surface area is 157 Å². The van der Waals surface area contributed by atoms with E-state index in [0.29, 0.717) is 34.8 Å². The van der Waals surface area contributed by atoms with Gasteiger partial charge in [0.25, 0.3) is 5.84 Å². The Bertz CT molecular complexity index is 1020. The zero-order valence-electron chi connectivity index (χ0n) is 14.8. The highest BCUT2D eigenvalue weighted by molar-refractivity contribution is 7.90. The van der Waals surface area contributed by atoms with Crippen LogP contribution in [0.2, 0.25) is 0 Å². The van der Waals surface area contributed by atoms with E-state index in [0.717, 1.165) is 13.0 Å². The summed E-state index contributed by atoms with van der Waals surface area (Å²) in [5.41, 5.74) is 1.59. The second-order valence-electron chi connectivity index (χ2n) is 6.16. The Balaban J connectivity index is 1.88. The van der Waals surface area contributed by atoms with Crippen molar-refractivity contribution in [2.24, 2.45) is 4.99 Å². The Morgan fingerprint density at radius 2 is 2.22 bits per heavy atom. The zero-order valence-corrected chi connectivity index (χ0v) is 15.6. The summed E-state index contributed by atoms with van der Waals surface area (Å²) in [6.45, 7) is 2.10. The number of aliphatic hydroxyl groups is 1. The van der Waals surface area contributed by atoms with Gasteiger partial charge < -0.3 is 10.2 Å². The normalized spacial score (nSPS) is 14.5. The van der Waals surface area contributed by atoms with Crippen LogP contribution in [0.5, 0.6) is 5.75 Å². The summed E-state index contributed by atoms with van der Waals surface area (Å²) < 4.78 is 27.6. The standard InChI is InChI=1S/C18H20N4O4S/c1-12-18(24)16(13(11-23)9-20-12)10-21-14-4-2-5-15(8-14)27(25,26)22-17-6-3-7-19-17/h2,4-5,8-10,23-24H,3,6-7,11H2,1H3,(H,19,22)/p+1. The number of hydrogen-bond donors (Lipinski definition) is 4. The molecule has 27 heavy (non-hydrogen) atoms. The van der Waals surface area contributed by atoms with Crippen LogP contribution in [0.25, 0.3) is 0 Å². The van der Waals surface area contributed by atoms with Gasteiger partial charge in [-0.25, -0.2) is 0 Å². The van der Waals surface area contributed by atoms with Gasteiger partial charge in [0.2, 0.25) is 0 Å². The highest BCUT2D eigenvalue weighted by Gasteiger charge is 2.24. The first-order valence-corrected chi connectivity index (χ1v) is 9.94. The molecule has 0 aliphatic carbocycles. The predicted molar refractivity (Wildman–Crippen MR) is 101 cm³/mol. The van der Waals surface area contributed by atoms with Crippen LogP contribution < -0.4 is 9.71 Å². The molecule has 0 spiro atoms. The highest BCUT2D eigenvalue weighted by atomic mass is 32.2. The lowest BCUT2D eigenvalue weighted by molar-refractivity contribution is -0.448. The molecule has 1 aliphatic heterocycles. The Morgan fingerprint density at radius 3 is 2.93 bits per heavy atom. The van der Waals surface area contributed by atoms with Crippen molar-refractivity contribution in [2.45, 2.75) is 31.3 Å². The molecule has 0 amide bonds. The molecule has 1 aromatic heterocycles. The predicted octanol–water partition coefficient (Wildman–Crippen LogP) is -0.110. The fraction of sp³-hybridized carbons (Fsp3) is 0.278.